The number of nitrogens with zero attached hydrogens (tertiary/aromatic N) is 3. The molecule has 2 aromatic rings. The van der Waals surface area contributed by atoms with Gasteiger partial charge in [0.1, 0.15) is 5.76 Å². The highest BCUT2D eigenvalue weighted by atomic mass is 127. The van der Waals surface area contributed by atoms with Crippen molar-refractivity contribution in [2.24, 2.45) is 4.99 Å². The lowest BCUT2D eigenvalue weighted by Crippen LogP contribution is -2.41. The fraction of sp³-hybridized carbons (Fsp3) is 0.474. The van der Waals surface area contributed by atoms with Gasteiger partial charge < -0.3 is 20.0 Å². The fourth-order valence-corrected chi connectivity index (χ4v) is 2.67. The maximum absolute atomic E-state index is 5.58. The first-order chi connectivity index (χ1) is 12.0. The molecule has 144 valence electrons. The van der Waals surface area contributed by atoms with Crippen molar-refractivity contribution in [1.82, 2.24) is 15.6 Å². The van der Waals surface area contributed by atoms with Crippen LogP contribution in [0.15, 0.2) is 33.7 Å². The minimum absolute atomic E-state index is 0. The van der Waals surface area contributed by atoms with Crippen molar-refractivity contribution in [2.45, 2.75) is 34.2 Å². The van der Waals surface area contributed by atoms with E-state index in [0.29, 0.717) is 12.4 Å². The number of para-hydroxylation sites is 1. The predicted octanol–water partition coefficient (Wildman–Crippen LogP) is 3.41. The highest BCUT2D eigenvalue weighted by Crippen LogP contribution is 2.18. The number of rotatable bonds is 7. The molecule has 0 amide bonds. The van der Waals surface area contributed by atoms with Gasteiger partial charge in [0.25, 0.3) is 0 Å². The van der Waals surface area contributed by atoms with Crippen molar-refractivity contribution in [3.8, 4) is 0 Å². The molecule has 0 aliphatic carbocycles. The molecule has 26 heavy (non-hydrogen) atoms. The van der Waals surface area contributed by atoms with Gasteiger partial charge in [-0.3, -0.25) is 4.99 Å². The number of halogens is 1. The summed E-state index contributed by atoms with van der Waals surface area (Å²) in [5, 5.41) is 6.58. The summed E-state index contributed by atoms with van der Waals surface area (Å²) in [6, 6.07) is 8.47. The summed E-state index contributed by atoms with van der Waals surface area (Å²) >= 11 is 0. The number of nitrogens with one attached hydrogen (secondary N) is 2. The van der Waals surface area contributed by atoms with Gasteiger partial charge in [-0.1, -0.05) is 18.2 Å². The van der Waals surface area contributed by atoms with Crippen LogP contribution in [0.3, 0.4) is 0 Å². The molecule has 0 bridgehead atoms. The molecule has 0 spiro atoms. The summed E-state index contributed by atoms with van der Waals surface area (Å²) in [5.41, 5.74) is 3.50. The molecule has 7 heteroatoms. The Morgan fingerprint density at radius 1 is 1.19 bits per heavy atom. The largest absolute Gasteiger partial charge is 0.444 e. The van der Waals surface area contributed by atoms with E-state index in [1.165, 1.54) is 11.3 Å². The molecule has 1 heterocycles. The molecule has 2 N–H and O–H groups in total. The molecule has 0 aliphatic heterocycles. The number of hydrogen-bond acceptors (Lipinski definition) is 4. The molecule has 0 radical (unpaired) electrons. The van der Waals surface area contributed by atoms with Crippen molar-refractivity contribution in [2.75, 3.05) is 31.6 Å². The number of aryl methyl sites for hydroxylation is 3. The Balaban J connectivity index is 0.00000338. The number of aliphatic imine (C=N–C) groups is 1. The Morgan fingerprint density at radius 2 is 1.92 bits per heavy atom. The van der Waals surface area contributed by atoms with Crippen molar-refractivity contribution in [3.05, 3.63) is 47.2 Å². The molecule has 2 rings (SSSR count). The highest BCUT2D eigenvalue weighted by molar-refractivity contribution is 14.0. The van der Waals surface area contributed by atoms with E-state index in [2.05, 4.69) is 63.6 Å². The van der Waals surface area contributed by atoms with Crippen molar-refractivity contribution >= 4 is 35.6 Å². The number of hydrogen-bond donors (Lipinski definition) is 2. The van der Waals surface area contributed by atoms with Crippen LogP contribution < -0.4 is 15.5 Å². The van der Waals surface area contributed by atoms with Crippen LogP contribution in [0.1, 0.15) is 29.8 Å². The third-order valence-corrected chi connectivity index (χ3v) is 4.22. The first kappa shape index (κ1) is 22.3. The zero-order valence-corrected chi connectivity index (χ0v) is 18.6. The number of anilines is 1. The van der Waals surface area contributed by atoms with E-state index in [0.717, 1.165) is 37.0 Å². The number of likely N-dealkylation sites (N-methyl/N-ethyl adjacent to an activating group) is 1. The number of benzene rings is 1. The zero-order valence-electron chi connectivity index (χ0n) is 16.3. The van der Waals surface area contributed by atoms with Crippen molar-refractivity contribution in [1.29, 1.82) is 0 Å². The molecule has 0 saturated carbocycles. The summed E-state index contributed by atoms with van der Waals surface area (Å²) in [5.74, 6) is 2.28. The maximum Gasteiger partial charge on any atom is 0.214 e. The average Bonchev–Trinajstić information content (AvgIpc) is 2.93. The van der Waals surface area contributed by atoms with E-state index >= 15 is 0 Å². The van der Waals surface area contributed by atoms with Crippen LogP contribution >= 0.6 is 24.0 Å². The fourth-order valence-electron chi connectivity index (χ4n) is 2.67. The van der Waals surface area contributed by atoms with Crippen LogP contribution in [-0.4, -0.2) is 37.6 Å². The SMILES string of the molecule is CCN(CCNC(=NC)NCc1nc(C)c(C)o1)c1ccccc1C.I. The Hall–Kier alpha value is -1.77. The molecular weight excluding hydrogens is 441 g/mol. The summed E-state index contributed by atoms with van der Waals surface area (Å²) in [4.78, 5) is 11.0. The third kappa shape index (κ3) is 6.19. The quantitative estimate of drug-likeness (QED) is 0.368. The number of oxazole rings is 1. The van der Waals surface area contributed by atoms with Crippen molar-refractivity contribution in [3.63, 3.8) is 0 Å². The molecule has 0 fully saturated rings. The molecular formula is C19H30IN5O. The van der Waals surface area contributed by atoms with Crippen LogP contribution in [0.5, 0.6) is 0 Å². The van der Waals surface area contributed by atoms with Crippen LogP contribution in [0, 0.1) is 20.8 Å². The van der Waals surface area contributed by atoms with Crippen LogP contribution in [0.2, 0.25) is 0 Å². The van der Waals surface area contributed by atoms with Gasteiger partial charge in [0.15, 0.2) is 5.96 Å². The summed E-state index contributed by atoms with van der Waals surface area (Å²) in [7, 11) is 1.76. The topological polar surface area (TPSA) is 65.7 Å². The lowest BCUT2D eigenvalue weighted by Gasteiger charge is -2.25. The van der Waals surface area contributed by atoms with E-state index in [4.69, 9.17) is 4.42 Å². The summed E-state index contributed by atoms with van der Waals surface area (Å²) < 4.78 is 5.58. The first-order valence-corrected chi connectivity index (χ1v) is 8.73. The summed E-state index contributed by atoms with van der Waals surface area (Å²) in [6.07, 6.45) is 0. The monoisotopic (exact) mass is 471 g/mol. The van der Waals surface area contributed by atoms with E-state index < -0.39 is 0 Å². The minimum atomic E-state index is 0. The highest BCUT2D eigenvalue weighted by Gasteiger charge is 2.08. The van der Waals surface area contributed by atoms with Gasteiger partial charge in [0.05, 0.1) is 12.2 Å². The molecule has 0 atom stereocenters. The second kappa shape index (κ2) is 11.1. The van der Waals surface area contributed by atoms with Crippen LogP contribution in [-0.2, 0) is 6.54 Å². The normalized spacial score (nSPS) is 11.0. The average molecular weight is 471 g/mol. The van der Waals surface area contributed by atoms with Gasteiger partial charge in [-0.15, -0.1) is 24.0 Å². The zero-order chi connectivity index (χ0) is 18.2. The predicted molar refractivity (Wildman–Crippen MR) is 119 cm³/mol. The van der Waals surface area contributed by atoms with Gasteiger partial charge in [0.2, 0.25) is 5.89 Å². The van der Waals surface area contributed by atoms with E-state index in [1.807, 2.05) is 13.8 Å². The molecule has 1 aromatic carbocycles. The van der Waals surface area contributed by atoms with Gasteiger partial charge in [0, 0.05) is 32.4 Å². The van der Waals surface area contributed by atoms with E-state index in [1.54, 1.807) is 7.05 Å². The second-order valence-electron chi connectivity index (χ2n) is 5.97. The van der Waals surface area contributed by atoms with Gasteiger partial charge in [-0.25, -0.2) is 4.98 Å². The van der Waals surface area contributed by atoms with Gasteiger partial charge >= 0.3 is 0 Å². The second-order valence-corrected chi connectivity index (χ2v) is 5.97. The van der Waals surface area contributed by atoms with Crippen molar-refractivity contribution < 1.29 is 4.42 Å². The van der Waals surface area contributed by atoms with E-state index in [-0.39, 0.29) is 24.0 Å². The van der Waals surface area contributed by atoms with E-state index in [9.17, 15) is 0 Å². The third-order valence-electron chi connectivity index (χ3n) is 4.22. The molecule has 6 nitrogen and oxygen atoms in total. The van der Waals surface area contributed by atoms with Crippen LogP contribution in [0.25, 0.3) is 0 Å². The molecule has 0 aliphatic rings. The molecule has 1 aromatic heterocycles. The lowest BCUT2D eigenvalue weighted by molar-refractivity contribution is 0.464. The number of guanidine groups is 1. The smallest absolute Gasteiger partial charge is 0.214 e. The summed E-state index contributed by atoms with van der Waals surface area (Å²) in [6.45, 7) is 11.4. The molecule has 0 saturated heterocycles. The van der Waals surface area contributed by atoms with Gasteiger partial charge in [-0.05, 0) is 39.3 Å². The Kier molecular flexibility index (Phi) is 9.47. The molecule has 0 unspecified atom stereocenters. The van der Waals surface area contributed by atoms with Gasteiger partial charge in [-0.2, -0.15) is 0 Å². The maximum atomic E-state index is 5.58. The minimum Gasteiger partial charge on any atom is -0.444 e. The number of aromatic nitrogens is 1. The standard InChI is InChI=1S/C19H29N5O.HI/c1-6-24(17-10-8-7-9-14(17)2)12-11-21-19(20-5)22-13-18-23-15(3)16(4)25-18;/h7-10H,6,11-13H2,1-5H3,(H2,20,21,22);1H. The van der Waals surface area contributed by atoms with Crippen LogP contribution in [0.4, 0.5) is 5.69 Å². The lowest BCUT2D eigenvalue weighted by atomic mass is 10.2. The Bertz CT molecular complexity index is 694. The Morgan fingerprint density at radius 3 is 2.50 bits per heavy atom. The Labute approximate surface area is 173 Å². The first-order valence-electron chi connectivity index (χ1n) is 8.73.